The number of hydrogen-bond acceptors (Lipinski definition) is 0. The third-order valence-electron chi connectivity index (χ3n) is 2.10. The fourth-order valence-electron chi connectivity index (χ4n) is 0.637. The quantitative estimate of drug-likeness (QED) is 0.572. The van der Waals surface area contributed by atoms with E-state index in [9.17, 15) is 8.78 Å². The van der Waals surface area contributed by atoms with Crippen molar-refractivity contribution in [1.82, 2.24) is 0 Å². The van der Waals surface area contributed by atoms with E-state index in [0.29, 0.717) is 0 Å². The van der Waals surface area contributed by atoms with Crippen LogP contribution in [0.4, 0.5) is 8.78 Å². The van der Waals surface area contributed by atoms with Gasteiger partial charge in [-0.3, -0.25) is 0 Å². The summed E-state index contributed by atoms with van der Waals surface area (Å²) < 4.78 is 26.2. The average Bonchev–Trinajstić information content (AvgIpc) is 1.85. The van der Waals surface area contributed by atoms with Crippen molar-refractivity contribution >= 4 is 0 Å². The third kappa shape index (κ3) is 3.33. The van der Waals surface area contributed by atoms with Crippen LogP contribution in [0.25, 0.3) is 0 Å². The van der Waals surface area contributed by atoms with Crippen molar-refractivity contribution in [2.45, 2.75) is 40.5 Å². The lowest BCUT2D eigenvalue weighted by atomic mass is 9.98. The predicted octanol–water partition coefficient (Wildman–Crippen LogP) is 3.88. The van der Waals surface area contributed by atoms with Crippen molar-refractivity contribution in [1.29, 1.82) is 0 Å². The molecule has 72 valence electrons. The van der Waals surface area contributed by atoms with Crippen molar-refractivity contribution in [3.05, 3.63) is 11.6 Å². The number of allylic oxidation sites excluding steroid dienone is 2. The molecule has 0 saturated carbocycles. The van der Waals surface area contributed by atoms with Crippen LogP contribution in [0.15, 0.2) is 11.6 Å². The van der Waals surface area contributed by atoms with Crippen LogP contribution in [0.2, 0.25) is 0 Å². The summed E-state index contributed by atoms with van der Waals surface area (Å²) in [6, 6.07) is 0. The molecule has 0 radical (unpaired) electrons. The molecule has 0 unspecified atom stereocenters. The van der Waals surface area contributed by atoms with Crippen LogP contribution in [0, 0.1) is 11.8 Å². The molecular formula is C10H18F2. The highest BCUT2D eigenvalue weighted by Crippen LogP contribution is 2.28. The molecule has 0 rings (SSSR count). The molecule has 0 N–H and O–H groups in total. The highest BCUT2D eigenvalue weighted by molar-refractivity contribution is 5.08. The zero-order chi connectivity index (χ0) is 9.94. The van der Waals surface area contributed by atoms with E-state index in [1.54, 1.807) is 6.92 Å². The van der Waals surface area contributed by atoms with E-state index in [2.05, 4.69) is 0 Å². The first-order chi connectivity index (χ1) is 5.27. The van der Waals surface area contributed by atoms with Crippen LogP contribution in [-0.2, 0) is 0 Å². The Labute approximate surface area is 73.7 Å². The van der Waals surface area contributed by atoms with Gasteiger partial charge >= 0.3 is 0 Å². The van der Waals surface area contributed by atoms with Gasteiger partial charge in [-0.05, 0) is 18.9 Å². The Balaban J connectivity index is 4.50. The van der Waals surface area contributed by atoms with E-state index >= 15 is 0 Å². The van der Waals surface area contributed by atoms with Gasteiger partial charge < -0.3 is 0 Å². The highest BCUT2D eigenvalue weighted by atomic mass is 19.3. The lowest BCUT2D eigenvalue weighted by molar-refractivity contribution is 0.00507. The molecule has 0 aliphatic rings. The Morgan fingerprint density at radius 2 is 1.58 bits per heavy atom. The molecule has 12 heavy (non-hydrogen) atoms. The number of halogens is 2. The van der Waals surface area contributed by atoms with Crippen LogP contribution in [0.1, 0.15) is 34.6 Å². The second kappa shape index (κ2) is 4.01. The molecule has 0 bridgehead atoms. The fourth-order valence-corrected chi connectivity index (χ4v) is 0.637. The summed E-state index contributed by atoms with van der Waals surface area (Å²) in [6.45, 7) is 8.65. The van der Waals surface area contributed by atoms with Gasteiger partial charge in [0.25, 0.3) is 5.92 Å². The molecular weight excluding hydrogens is 158 g/mol. The first-order valence-corrected chi connectivity index (χ1v) is 4.34. The molecule has 0 aromatic heterocycles. The van der Waals surface area contributed by atoms with E-state index in [4.69, 9.17) is 0 Å². The summed E-state index contributed by atoms with van der Waals surface area (Å²) in [4.78, 5) is 0. The van der Waals surface area contributed by atoms with Crippen molar-refractivity contribution in [3.8, 4) is 0 Å². The molecule has 0 aliphatic heterocycles. The third-order valence-corrected chi connectivity index (χ3v) is 2.10. The largest absolute Gasteiger partial charge is 0.268 e. The second-order valence-electron chi connectivity index (χ2n) is 3.87. The van der Waals surface area contributed by atoms with Crippen LogP contribution in [0.3, 0.4) is 0 Å². The Morgan fingerprint density at radius 3 is 1.83 bits per heavy atom. The molecule has 0 atom stereocenters. The lowest BCUT2D eigenvalue weighted by Gasteiger charge is -2.18. The van der Waals surface area contributed by atoms with Gasteiger partial charge in [0.15, 0.2) is 0 Å². The molecule has 0 aliphatic carbocycles. The maximum Gasteiger partial charge on any atom is 0.268 e. The number of hydrogen-bond donors (Lipinski definition) is 0. The topological polar surface area (TPSA) is 0 Å². The van der Waals surface area contributed by atoms with Gasteiger partial charge in [-0.15, -0.1) is 0 Å². The summed E-state index contributed by atoms with van der Waals surface area (Å²) in [7, 11) is 0. The molecule has 0 saturated heterocycles. The molecule has 0 aromatic rings. The molecule has 2 heteroatoms. The molecule has 0 nitrogen and oxygen atoms in total. The van der Waals surface area contributed by atoms with Crippen LogP contribution in [-0.4, -0.2) is 5.92 Å². The van der Waals surface area contributed by atoms with E-state index in [0.717, 1.165) is 11.6 Å². The minimum absolute atomic E-state index is 0.203. The average molecular weight is 176 g/mol. The van der Waals surface area contributed by atoms with Gasteiger partial charge in [-0.2, -0.15) is 0 Å². The standard InChI is InChI=1S/C10H18F2/c1-7(2)9(5)6-10(11,12)8(3)4/h6-8H,1-5H3/b9-6+. The minimum Gasteiger partial charge on any atom is -0.202 e. The smallest absolute Gasteiger partial charge is 0.202 e. The van der Waals surface area contributed by atoms with Gasteiger partial charge in [0.05, 0.1) is 0 Å². The van der Waals surface area contributed by atoms with Crippen LogP contribution < -0.4 is 0 Å². The Bertz CT molecular complexity index is 167. The van der Waals surface area contributed by atoms with E-state index in [1.807, 2.05) is 13.8 Å². The summed E-state index contributed by atoms with van der Waals surface area (Å²) >= 11 is 0. The monoisotopic (exact) mass is 176 g/mol. The normalized spacial score (nSPS) is 14.6. The number of alkyl halides is 2. The van der Waals surface area contributed by atoms with Gasteiger partial charge in [0.2, 0.25) is 0 Å². The molecule has 0 heterocycles. The van der Waals surface area contributed by atoms with Crippen molar-refractivity contribution < 1.29 is 8.78 Å². The lowest BCUT2D eigenvalue weighted by Crippen LogP contribution is -2.21. The molecule has 0 amide bonds. The Hall–Kier alpha value is -0.400. The van der Waals surface area contributed by atoms with Gasteiger partial charge in [0.1, 0.15) is 0 Å². The van der Waals surface area contributed by atoms with E-state index in [1.165, 1.54) is 13.8 Å². The van der Waals surface area contributed by atoms with E-state index < -0.39 is 11.8 Å². The SMILES string of the molecule is C/C(=C\C(F)(F)C(C)C)C(C)C. The maximum atomic E-state index is 13.1. The molecule has 0 aromatic carbocycles. The minimum atomic E-state index is -2.66. The van der Waals surface area contributed by atoms with Crippen LogP contribution in [0.5, 0.6) is 0 Å². The van der Waals surface area contributed by atoms with Crippen molar-refractivity contribution in [3.63, 3.8) is 0 Å². The highest BCUT2D eigenvalue weighted by Gasteiger charge is 2.30. The van der Waals surface area contributed by atoms with Gasteiger partial charge in [-0.25, -0.2) is 8.78 Å². The first-order valence-electron chi connectivity index (χ1n) is 4.34. The van der Waals surface area contributed by atoms with Gasteiger partial charge in [-0.1, -0.05) is 33.3 Å². The van der Waals surface area contributed by atoms with E-state index in [-0.39, 0.29) is 5.92 Å². The van der Waals surface area contributed by atoms with Crippen LogP contribution >= 0.6 is 0 Å². The van der Waals surface area contributed by atoms with Gasteiger partial charge in [0, 0.05) is 5.92 Å². The van der Waals surface area contributed by atoms with Crippen molar-refractivity contribution in [2.24, 2.45) is 11.8 Å². The van der Waals surface area contributed by atoms with Crippen molar-refractivity contribution in [2.75, 3.05) is 0 Å². The summed E-state index contributed by atoms with van der Waals surface area (Å²) in [5.41, 5.74) is 0.758. The predicted molar refractivity (Wildman–Crippen MR) is 48.4 cm³/mol. The summed E-state index contributed by atoms with van der Waals surface area (Å²) in [6.07, 6.45) is 1.09. The zero-order valence-corrected chi connectivity index (χ0v) is 8.49. The first kappa shape index (κ1) is 11.6. The summed E-state index contributed by atoms with van der Waals surface area (Å²) in [5, 5.41) is 0. The maximum absolute atomic E-state index is 13.1. The number of rotatable bonds is 3. The zero-order valence-electron chi connectivity index (χ0n) is 8.49. The fraction of sp³-hybridized carbons (Fsp3) is 0.800. The Kier molecular flexibility index (Phi) is 3.88. The summed E-state index contributed by atoms with van der Waals surface area (Å²) in [5.74, 6) is -3.07. The molecule has 0 spiro atoms. The second-order valence-corrected chi connectivity index (χ2v) is 3.87. The molecule has 0 fully saturated rings. The Morgan fingerprint density at radius 1 is 1.17 bits per heavy atom.